The molecule has 0 radical (unpaired) electrons. The average Bonchev–Trinajstić information content (AvgIpc) is 2.71. The van der Waals surface area contributed by atoms with Gasteiger partial charge in [0.15, 0.2) is 6.10 Å². The van der Waals surface area contributed by atoms with Crippen LogP contribution in [-0.2, 0) is 19.6 Å². The second kappa shape index (κ2) is 9.08. The summed E-state index contributed by atoms with van der Waals surface area (Å²) in [4.78, 5) is 12.3. The van der Waals surface area contributed by atoms with Crippen LogP contribution in [0, 0.1) is 5.82 Å². The van der Waals surface area contributed by atoms with Crippen molar-refractivity contribution in [2.24, 2.45) is 0 Å². The molecule has 1 aliphatic rings. The quantitative estimate of drug-likeness (QED) is 0.743. The van der Waals surface area contributed by atoms with Gasteiger partial charge in [0.05, 0.1) is 18.2 Å². The van der Waals surface area contributed by atoms with E-state index in [-0.39, 0.29) is 28.7 Å². The van der Waals surface area contributed by atoms with E-state index in [4.69, 9.17) is 21.1 Å². The Balaban J connectivity index is 1.73. The van der Waals surface area contributed by atoms with Crippen molar-refractivity contribution < 1.29 is 27.1 Å². The van der Waals surface area contributed by atoms with Gasteiger partial charge in [0, 0.05) is 18.8 Å². The van der Waals surface area contributed by atoms with Crippen molar-refractivity contribution in [1.29, 1.82) is 0 Å². The highest BCUT2D eigenvalue weighted by atomic mass is 35.5. The number of sulfonamides is 1. The van der Waals surface area contributed by atoms with E-state index in [0.29, 0.717) is 19.0 Å². The van der Waals surface area contributed by atoms with E-state index in [9.17, 15) is 17.6 Å². The van der Waals surface area contributed by atoms with Gasteiger partial charge < -0.3 is 14.8 Å². The molecule has 1 heterocycles. The Kier molecular flexibility index (Phi) is 6.74. The molecule has 1 atom stereocenters. The molecule has 1 fully saturated rings. The average molecular weight is 443 g/mol. The third-order valence-corrected chi connectivity index (χ3v) is 6.66. The maximum absolute atomic E-state index is 13.0. The molecule has 10 heteroatoms. The van der Waals surface area contributed by atoms with Gasteiger partial charge in [0.25, 0.3) is 5.91 Å². The van der Waals surface area contributed by atoms with Gasteiger partial charge in [-0.3, -0.25) is 4.79 Å². The van der Waals surface area contributed by atoms with E-state index in [1.54, 1.807) is 0 Å². The van der Waals surface area contributed by atoms with E-state index in [0.717, 1.165) is 0 Å². The molecule has 1 unspecified atom stereocenters. The summed E-state index contributed by atoms with van der Waals surface area (Å²) in [5.74, 6) is -0.572. The van der Waals surface area contributed by atoms with Crippen LogP contribution in [-0.4, -0.2) is 51.0 Å². The molecule has 2 aromatic carbocycles. The topological polar surface area (TPSA) is 84.9 Å². The van der Waals surface area contributed by atoms with E-state index in [1.807, 2.05) is 0 Å². The van der Waals surface area contributed by atoms with Crippen LogP contribution in [0.2, 0.25) is 5.02 Å². The summed E-state index contributed by atoms with van der Waals surface area (Å²) in [5.41, 5.74) is 0.265. The standard InChI is InChI=1S/C19H20ClFN2O5S/c1-13(28-16-5-2-14(21)3-6-16)19(24)22-15-4-7-17(20)18(12-15)29(25,26)23-8-10-27-11-9-23/h2-7,12-13H,8-11H2,1H3,(H,22,24). The fourth-order valence-electron chi connectivity index (χ4n) is 2.72. The zero-order chi connectivity index (χ0) is 21.0. The molecule has 0 spiro atoms. The number of benzene rings is 2. The van der Waals surface area contributed by atoms with Gasteiger partial charge in [0.1, 0.15) is 16.5 Å². The Labute approximate surface area is 173 Å². The predicted octanol–water partition coefficient (Wildman–Crippen LogP) is 2.91. The third kappa shape index (κ3) is 5.24. The fraction of sp³-hybridized carbons (Fsp3) is 0.316. The lowest BCUT2D eigenvalue weighted by molar-refractivity contribution is -0.122. The number of nitrogens with zero attached hydrogens (tertiary/aromatic N) is 1. The molecule has 1 amide bonds. The first-order valence-electron chi connectivity index (χ1n) is 8.88. The lowest BCUT2D eigenvalue weighted by Crippen LogP contribution is -2.40. The summed E-state index contributed by atoms with van der Waals surface area (Å²) in [6.07, 6.45) is -0.893. The highest BCUT2D eigenvalue weighted by molar-refractivity contribution is 7.89. The second-order valence-electron chi connectivity index (χ2n) is 6.36. The monoisotopic (exact) mass is 442 g/mol. The highest BCUT2D eigenvalue weighted by Gasteiger charge is 2.29. The first kappa shape index (κ1) is 21.5. The second-order valence-corrected chi connectivity index (χ2v) is 8.68. The molecule has 1 N–H and O–H groups in total. The first-order valence-corrected chi connectivity index (χ1v) is 10.7. The number of amides is 1. The Morgan fingerprint density at radius 2 is 1.86 bits per heavy atom. The molecular formula is C19H20ClFN2O5S. The first-order chi connectivity index (χ1) is 13.8. The Morgan fingerprint density at radius 3 is 2.52 bits per heavy atom. The van der Waals surface area contributed by atoms with Crippen molar-refractivity contribution in [2.75, 3.05) is 31.6 Å². The van der Waals surface area contributed by atoms with Gasteiger partial charge in [-0.05, 0) is 49.4 Å². The Bertz CT molecular complexity index is 979. The molecule has 156 valence electrons. The molecule has 29 heavy (non-hydrogen) atoms. The molecule has 7 nitrogen and oxygen atoms in total. The summed E-state index contributed by atoms with van der Waals surface area (Å²) < 4.78 is 50.7. The summed E-state index contributed by atoms with van der Waals surface area (Å²) in [6, 6.07) is 9.50. The molecule has 0 aliphatic carbocycles. The van der Waals surface area contributed by atoms with E-state index < -0.39 is 27.9 Å². The largest absolute Gasteiger partial charge is 0.481 e. The number of ether oxygens (including phenoxy) is 2. The number of nitrogens with one attached hydrogen (secondary N) is 1. The van der Waals surface area contributed by atoms with E-state index >= 15 is 0 Å². The van der Waals surface area contributed by atoms with Gasteiger partial charge in [0.2, 0.25) is 10.0 Å². The molecule has 0 aromatic heterocycles. The number of carbonyl (C=O) groups excluding carboxylic acids is 1. The van der Waals surface area contributed by atoms with Crippen LogP contribution < -0.4 is 10.1 Å². The van der Waals surface area contributed by atoms with Gasteiger partial charge in [-0.1, -0.05) is 11.6 Å². The maximum Gasteiger partial charge on any atom is 0.265 e. The smallest absolute Gasteiger partial charge is 0.265 e. The molecule has 1 aliphatic heterocycles. The van der Waals surface area contributed by atoms with Gasteiger partial charge in [-0.25, -0.2) is 12.8 Å². The number of morpholine rings is 1. The Hall–Kier alpha value is -2.20. The summed E-state index contributed by atoms with van der Waals surface area (Å²) >= 11 is 6.11. The number of carbonyl (C=O) groups is 1. The van der Waals surface area contributed by atoms with Crippen LogP contribution in [0.4, 0.5) is 10.1 Å². The summed E-state index contributed by atoms with van der Waals surface area (Å²) in [6.45, 7) is 2.62. The fourth-order valence-corrected chi connectivity index (χ4v) is 4.63. The van der Waals surface area contributed by atoms with E-state index in [2.05, 4.69) is 5.32 Å². The van der Waals surface area contributed by atoms with Crippen LogP contribution in [0.3, 0.4) is 0 Å². The van der Waals surface area contributed by atoms with Crippen LogP contribution >= 0.6 is 11.6 Å². The van der Waals surface area contributed by atoms with Crippen LogP contribution in [0.25, 0.3) is 0 Å². The van der Waals surface area contributed by atoms with Gasteiger partial charge in [-0.2, -0.15) is 4.31 Å². The zero-order valence-electron chi connectivity index (χ0n) is 15.6. The van der Waals surface area contributed by atoms with Gasteiger partial charge in [-0.15, -0.1) is 0 Å². The van der Waals surface area contributed by atoms with Crippen LogP contribution in [0.1, 0.15) is 6.92 Å². The van der Waals surface area contributed by atoms with Crippen molar-refractivity contribution in [3.63, 3.8) is 0 Å². The molecule has 0 saturated carbocycles. The zero-order valence-corrected chi connectivity index (χ0v) is 17.2. The van der Waals surface area contributed by atoms with Crippen molar-refractivity contribution in [3.05, 3.63) is 53.3 Å². The predicted molar refractivity (Wildman–Crippen MR) is 106 cm³/mol. The van der Waals surface area contributed by atoms with Crippen LogP contribution in [0.5, 0.6) is 5.75 Å². The van der Waals surface area contributed by atoms with Crippen molar-refractivity contribution >= 4 is 33.2 Å². The number of halogens is 2. The molecule has 3 rings (SSSR count). The minimum absolute atomic E-state index is 0.0603. The molecule has 0 bridgehead atoms. The normalized spacial score (nSPS) is 16.2. The Morgan fingerprint density at radius 1 is 1.21 bits per heavy atom. The number of rotatable bonds is 6. The van der Waals surface area contributed by atoms with Crippen molar-refractivity contribution in [2.45, 2.75) is 17.9 Å². The number of hydrogen-bond donors (Lipinski definition) is 1. The minimum atomic E-state index is -3.82. The third-order valence-electron chi connectivity index (χ3n) is 4.28. The lowest BCUT2D eigenvalue weighted by atomic mass is 10.3. The van der Waals surface area contributed by atoms with Crippen molar-refractivity contribution in [3.8, 4) is 5.75 Å². The van der Waals surface area contributed by atoms with Gasteiger partial charge >= 0.3 is 0 Å². The van der Waals surface area contributed by atoms with E-state index in [1.165, 1.54) is 53.7 Å². The number of hydrogen-bond acceptors (Lipinski definition) is 5. The number of anilines is 1. The van der Waals surface area contributed by atoms with Crippen LogP contribution in [0.15, 0.2) is 47.4 Å². The summed E-state index contributed by atoms with van der Waals surface area (Å²) in [5, 5.41) is 2.67. The van der Waals surface area contributed by atoms with Crippen molar-refractivity contribution in [1.82, 2.24) is 4.31 Å². The highest BCUT2D eigenvalue weighted by Crippen LogP contribution is 2.28. The lowest BCUT2D eigenvalue weighted by Gasteiger charge is -2.26. The molecular weight excluding hydrogens is 423 g/mol. The molecule has 1 saturated heterocycles. The summed E-state index contributed by atoms with van der Waals surface area (Å²) in [7, 11) is -3.82. The minimum Gasteiger partial charge on any atom is -0.481 e. The SMILES string of the molecule is CC(Oc1ccc(F)cc1)C(=O)Nc1ccc(Cl)c(S(=O)(=O)N2CCOCC2)c1. The molecule has 2 aromatic rings. The maximum atomic E-state index is 13.0.